The highest BCUT2D eigenvalue weighted by Gasteiger charge is 2.32. The van der Waals surface area contributed by atoms with Crippen LogP contribution in [0.1, 0.15) is 35.1 Å². The third-order valence-electron chi connectivity index (χ3n) is 7.35. The van der Waals surface area contributed by atoms with E-state index in [1.165, 1.54) is 0 Å². The van der Waals surface area contributed by atoms with Crippen molar-refractivity contribution < 1.29 is 27.8 Å². The zero-order chi connectivity index (χ0) is 30.0. The van der Waals surface area contributed by atoms with Crippen LogP contribution in [-0.2, 0) is 17.6 Å². The maximum atomic E-state index is 13.0. The Balaban J connectivity index is 1.34. The Hall–Kier alpha value is -4.18. The van der Waals surface area contributed by atoms with Crippen molar-refractivity contribution in [1.29, 1.82) is 0 Å². The molecule has 11 heteroatoms. The Morgan fingerprint density at radius 1 is 1.07 bits per heavy atom. The monoisotopic (exact) mass is 596 g/mol. The molecule has 0 amide bonds. The van der Waals surface area contributed by atoms with Gasteiger partial charge in [-0.25, -0.2) is 9.97 Å². The number of hydrogen-bond acceptors (Lipinski definition) is 6. The molecule has 1 N–H and O–H groups in total. The van der Waals surface area contributed by atoms with Crippen LogP contribution in [0, 0.1) is 19.8 Å². The van der Waals surface area contributed by atoms with E-state index in [2.05, 4.69) is 9.97 Å². The summed E-state index contributed by atoms with van der Waals surface area (Å²) in [7, 11) is 0. The van der Waals surface area contributed by atoms with Gasteiger partial charge >= 0.3 is 12.1 Å². The van der Waals surface area contributed by atoms with E-state index in [1.807, 2.05) is 55.1 Å². The van der Waals surface area contributed by atoms with Crippen LogP contribution in [-0.4, -0.2) is 39.1 Å². The first kappa shape index (κ1) is 29.3. The third-order valence-corrected chi connectivity index (χ3v) is 7.64. The van der Waals surface area contributed by atoms with E-state index in [1.54, 1.807) is 12.3 Å². The van der Waals surface area contributed by atoms with Crippen LogP contribution in [0.4, 0.5) is 19.1 Å². The Morgan fingerprint density at radius 3 is 2.50 bits per heavy atom. The van der Waals surface area contributed by atoms with Gasteiger partial charge in [0.2, 0.25) is 5.95 Å². The van der Waals surface area contributed by atoms with Crippen molar-refractivity contribution in [2.75, 3.05) is 18.0 Å². The van der Waals surface area contributed by atoms with Crippen LogP contribution in [0.2, 0.25) is 5.02 Å². The van der Waals surface area contributed by atoms with Crippen LogP contribution in [0.5, 0.6) is 5.75 Å². The summed E-state index contributed by atoms with van der Waals surface area (Å²) in [5.74, 6) is 0.0641. The number of carboxylic acid groups (broad SMARTS) is 1. The molecule has 1 aliphatic rings. The van der Waals surface area contributed by atoms with Gasteiger partial charge in [0, 0.05) is 36.6 Å². The summed E-state index contributed by atoms with van der Waals surface area (Å²) in [6, 6.07) is 14.0. The number of nitrogens with zero attached hydrogens (tertiary/aromatic N) is 4. The van der Waals surface area contributed by atoms with Gasteiger partial charge in [-0.3, -0.25) is 9.78 Å². The number of benzene rings is 2. The van der Waals surface area contributed by atoms with Crippen LogP contribution in [0.15, 0.2) is 60.9 Å². The number of carbonyl (C=O) groups is 1. The molecule has 7 nitrogen and oxygen atoms in total. The fraction of sp³-hybridized carbons (Fsp3) is 0.290. The van der Waals surface area contributed by atoms with Gasteiger partial charge < -0.3 is 14.7 Å². The average molecular weight is 597 g/mol. The van der Waals surface area contributed by atoms with Gasteiger partial charge in [-0.05, 0) is 68.1 Å². The number of ether oxygens (including phenoxy) is 1. The average Bonchev–Trinajstić information content (AvgIpc) is 2.96. The molecular formula is C31H28ClF3N4O3. The Labute approximate surface area is 246 Å². The fourth-order valence-corrected chi connectivity index (χ4v) is 5.19. The second-order valence-electron chi connectivity index (χ2n) is 10.3. The highest BCUT2D eigenvalue weighted by molar-refractivity contribution is 6.33. The minimum atomic E-state index is -4.52. The third kappa shape index (κ3) is 6.49. The normalized spacial score (nSPS) is 14.2. The van der Waals surface area contributed by atoms with Gasteiger partial charge in [0.15, 0.2) is 0 Å². The minimum absolute atomic E-state index is 0.0759. The molecule has 0 radical (unpaired) electrons. The van der Waals surface area contributed by atoms with Crippen molar-refractivity contribution in [3.05, 3.63) is 88.2 Å². The number of aromatic nitrogens is 3. The molecule has 3 heterocycles. The topological polar surface area (TPSA) is 88.4 Å². The molecule has 4 aromatic rings. The van der Waals surface area contributed by atoms with E-state index in [9.17, 15) is 23.1 Å². The first-order chi connectivity index (χ1) is 20.0. The highest BCUT2D eigenvalue weighted by Crippen LogP contribution is 2.35. The molecular weight excluding hydrogens is 569 g/mol. The molecule has 218 valence electrons. The molecule has 0 aliphatic carbocycles. The van der Waals surface area contributed by atoms with Gasteiger partial charge in [-0.2, -0.15) is 13.2 Å². The summed E-state index contributed by atoms with van der Waals surface area (Å²) in [6.07, 6.45) is -0.963. The molecule has 0 saturated carbocycles. The summed E-state index contributed by atoms with van der Waals surface area (Å²) >= 11 is 6.15. The van der Waals surface area contributed by atoms with Crippen molar-refractivity contribution in [2.45, 2.75) is 39.5 Å². The highest BCUT2D eigenvalue weighted by atomic mass is 35.5. The molecule has 2 aromatic carbocycles. The largest absolute Gasteiger partial charge is 0.488 e. The number of halogens is 4. The molecule has 1 saturated heterocycles. The Kier molecular flexibility index (Phi) is 8.36. The lowest BCUT2D eigenvalue weighted by molar-refractivity contribution is -0.142. The lowest BCUT2D eigenvalue weighted by Gasteiger charge is -2.30. The summed E-state index contributed by atoms with van der Waals surface area (Å²) in [5.41, 5.74) is 4.25. The molecule has 0 atom stereocenters. The maximum absolute atomic E-state index is 13.0. The fourth-order valence-electron chi connectivity index (χ4n) is 4.91. The predicted octanol–water partition coefficient (Wildman–Crippen LogP) is 7.37. The SMILES string of the molecule is Cc1ccc(OCc2ccc(-c3ncc(C(F)(F)F)cc3Cl)cc2C)c(-c2ccnc(N3CCC(C(=O)O)CC3)n2)c1. The van der Waals surface area contributed by atoms with Crippen LogP contribution < -0.4 is 9.64 Å². The molecule has 1 aliphatic heterocycles. The van der Waals surface area contributed by atoms with Crippen LogP contribution in [0.3, 0.4) is 0 Å². The number of piperidine rings is 1. The van der Waals surface area contributed by atoms with Crippen LogP contribution >= 0.6 is 11.6 Å². The van der Waals surface area contributed by atoms with Crippen molar-refractivity contribution in [3.63, 3.8) is 0 Å². The van der Waals surface area contributed by atoms with Gasteiger partial charge in [0.1, 0.15) is 12.4 Å². The predicted molar refractivity (Wildman–Crippen MR) is 154 cm³/mol. The van der Waals surface area contributed by atoms with Gasteiger partial charge in [-0.1, -0.05) is 35.4 Å². The minimum Gasteiger partial charge on any atom is -0.488 e. The molecule has 0 spiro atoms. The number of hydrogen-bond donors (Lipinski definition) is 1. The van der Waals surface area contributed by atoms with E-state index in [4.69, 9.17) is 21.3 Å². The smallest absolute Gasteiger partial charge is 0.417 e. The van der Waals surface area contributed by atoms with E-state index in [-0.39, 0.29) is 23.2 Å². The number of rotatable bonds is 7. The molecule has 1 fully saturated rings. The molecule has 42 heavy (non-hydrogen) atoms. The van der Waals surface area contributed by atoms with E-state index >= 15 is 0 Å². The maximum Gasteiger partial charge on any atom is 0.417 e. The number of anilines is 1. The first-order valence-corrected chi connectivity index (χ1v) is 13.7. The number of aliphatic carboxylic acids is 1. The summed E-state index contributed by atoms with van der Waals surface area (Å²) in [4.78, 5) is 26.5. The zero-order valence-electron chi connectivity index (χ0n) is 23.0. The standard InChI is InChI=1S/C31H28ClF3N4O3/c1-18-3-6-27(24(13-18)26-7-10-36-30(38-26)39-11-8-20(9-12-39)29(40)41)42-17-22-5-4-21(14-19(22)2)28-25(32)15-23(16-37-28)31(33,34)35/h3-7,10,13-16,20H,8-9,11-12,17H2,1-2H3,(H,40,41). The quantitative estimate of drug-likeness (QED) is 0.238. The van der Waals surface area contributed by atoms with E-state index < -0.39 is 17.7 Å². The van der Waals surface area contributed by atoms with Gasteiger partial charge in [0.05, 0.1) is 27.9 Å². The van der Waals surface area contributed by atoms with E-state index in [0.717, 1.165) is 34.5 Å². The summed E-state index contributed by atoms with van der Waals surface area (Å²) in [5, 5.41) is 9.22. The van der Waals surface area contributed by atoms with Crippen molar-refractivity contribution >= 4 is 23.5 Å². The number of alkyl halides is 3. The second kappa shape index (κ2) is 12.0. The van der Waals surface area contributed by atoms with Crippen molar-refractivity contribution in [3.8, 4) is 28.3 Å². The van der Waals surface area contributed by atoms with Gasteiger partial charge in [-0.15, -0.1) is 0 Å². The van der Waals surface area contributed by atoms with Crippen LogP contribution in [0.25, 0.3) is 22.5 Å². The molecule has 0 bridgehead atoms. The lowest BCUT2D eigenvalue weighted by atomic mass is 9.97. The Morgan fingerprint density at radius 2 is 1.83 bits per heavy atom. The zero-order valence-corrected chi connectivity index (χ0v) is 23.7. The molecule has 2 aromatic heterocycles. The van der Waals surface area contributed by atoms with Crippen molar-refractivity contribution in [2.24, 2.45) is 5.92 Å². The number of pyridine rings is 1. The summed E-state index contributed by atoms with van der Waals surface area (Å²) < 4.78 is 45.3. The second-order valence-corrected chi connectivity index (χ2v) is 10.7. The molecule has 0 unspecified atom stereocenters. The lowest BCUT2D eigenvalue weighted by Crippen LogP contribution is -2.37. The molecule has 5 rings (SSSR count). The Bertz CT molecular complexity index is 1620. The van der Waals surface area contributed by atoms with Crippen molar-refractivity contribution in [1.82, 2.24) is 15.0 Å². The van der Waals surface area contributed by atoms with E-state index in [0.29, 0.717) is 48.9 Å². The summed E-state index contributed by atoms with van der Waals surface area (Å²) in [6.45, 7) is 5.26. The number of aryl methyl sites for hydroxylation is 2. The van der Waals surface area contributed by atoms with Gasteiger partial charge in [0.25, 0.3) is 0 Å². The first-order valence-electron chi connectivity index (χ1n) is 13.4. The number of carboxylic acids is 1.